The maximum Gasteiger partial charge on any atom is 0.346 e. The third kappa shape index (κ3) is 3.86. The number of phenols is 1. The molecule has 1 fully saturated rings. The predicted octanol–water partition coefficient (Wildman–Crippen LogP) is 0.655. The molecular weight excluding hydrogens is 398 g/mol. The van der Waals surface area contributed by atoms with Gasteiger partial charge in [0, 0.05) is 19.5 Å². The standard InChI is InChI=1S/C18H23N5O5S/c24-15-7-6-13(23-9-4-10-29(23,27)28)11-14(15)19-17(25)12-22-18(26)21-8-3-1-2-5-16(21)20-22/h6-7,11,24H,1-5,8-10,12H2,(H,19,25). The van der Waals surface area contributed by atoms with Crippen LogP contribution < -0.4 is 15.3 Å². The second-order valence-electron chi connectivity index (χ2n) is 7.31. The molecule has 0 saturated carbocycles. The topological polar surface area (TPSA) is 127 Å². The third-order valence-corrected chi connectivity index (χ3v) is 7.09. The van der Waals surface area contributed by atoms with Gasteiger partial charge in [0.1, 0.15) is 18.1 Å². The number of phenolic OH excluding ortho intramolecular Hbond substituents is 1. The molecule has 156 valence electrons. The molecule has 29 heavy (non-hydrogen) atoms. The zero-order chi connectivity index (χ0) is 20.6. The normalized spacial score (nSPS) is 18.3. The van der Waals surface area contributed by atoms with Crippen molar-refractivity contribution in [1.29, 1.82) is 0 Å². The Bertz CT molecular complexity index is 1100. The fourth-order valence-electron chi connectivity index (χ4n) is 3.76. The summed E-state index contributed by atoms with van der Waals surface area (Å²) in [5, 5.41) is 16.9. The number of fused-ring (bicyclic) bond motifs is 1. The Balaban J connectivity index is 1.52. The first-order valence-corrected chi connectivity index (χ1v) is 11.3. The lowest BCUT2D eigenvalue weighted by Crippen LogP contribution is -2.30. The van der Waals surface area contributed by atoms with Crippen molar-refractivity contribution in [1.82, 2.24) is 14.3 Å². The Morgan fingerprint density at radius 2 is 2.00 bits per heavy atom. The van der Waals surface area contributed by atoms with Crippen LogP contribution in [0.2, 0.25) is 0 Å². The predicted molar refractivity (Wildman–Crippen MR) is 107 cm³/mol. The van der Waals surface area contributed by atoms with E-state index in [0.717, 1.165) is 23.9 Å². The first-order valence-electron chi connectivity index (χ1n) is 9.65. The number of carbonyl (C=O) groups excluding carboxylic acids is 1. The van der Waals surface area contributed by atoms with Gasteiger partial charge in [0.2, 0.25) is 15.9 Å². The van der Waals surface area contributed by atoms with Gasteiger partial charge in [0.25, 0.3) is 0 Å². The first-order chi connectivity index (χ1) is 13.8. The highest BCUT2D eigenvalue weighted by atomic mass is 32.2. The molecule has 10 nitrogen and oxygen atoms in total. The van der Waals surface area contributed by atoms with Crippen LogP contribution in [-0.2, 0) is 34.3 Å². The van der Waals surface area contributed by atoms with Crippen molar-refractivity contribution < 1.29 is 18.3 Å². The SMILES string of the molecule is O=C(Cn1nc2n(c1=O)CCCCC2)Nc1cc(N2CCCS2(=O)=O)ccc1O. The molecular formula is C18H23N5O5S. The van der Waals surface area contributed by atoms with Gasteiger partial charge in [-0.25, -0.2) is 17.9 Å². The number of rotatable bonds is 4. The minimum Gasteiger partial charge on any atom is -0.506 e. The molecule has 2 aliphatic rings. The van der Waals surface area contributed by atoms with Crippen LogP contribution >= 0.6 is 0 Å². The second kappa shape index (κ2) is 7.54. The van der Waals surface area contributed by atoms with E-state index < -0.39 is 15.9 Å². The van der Waals surface area contributed by atoms with Crippen molar-refractivity contribution in [3.05, 3.63) is 34.5 Å². The quantitative estimate of drug-likeness (QED) is 0.698. The Kier molecular flexibility index (Phi) is 5.07. The van der Waals surface area contributed by atoms with E-state index in [2.05, 4.69) is 10.4 Å². The number of carbonyl (C=O) groups is 1. The average molecular weight is 421 g/mol. The molecule has 2 aliphatic heterocycles. The Labute approximate surface area is 167 Å². The van der Waals surface area contributed by atoms with Crippen LogP contribution in [-0.4, -0.2) is 46.1 Å². The number of anilines is 2. The fourth-order valence-corrected chi connectivity index (χ4v) is 5.32. The number of aromatic hydroxyl groups is 1. The highest BCUT2D eigenvalue weighted by Crippen LogP contribution is 2.32. The number of sulfonamides is 1. The zero-order valence-electron chi connectivity index (χ0n) is 15.9. The monoisotopic (exact) mass is 421 g/mol. The van der Waals surface area contributed by atoms with Gasteiger partial charge in [0.15, 0.2) is 0 Å². The smallest absolute Gasteiger partial charge is 0.346 e. The fraction of sp³-hybridized carbons (Fsp3) is 0.500. The molecule has 3 heterocycles. The van der Waals surface area contributed by atoms with Crippen molar-refractivity contribution in [3.63, 3.8) is 0 Å². The van der Waals surface area contributed by atoms with Crippen molar-refractivity contribution in [3.8, 4) is 5.75 Å². The van der Waals surface area contributed by atoms with E-state index >= 15 is 0 Å². The van der Waals surface area contributed by atoms with Crippen LogP contribution in [0.15, 0.2) is 23.0 Å². The molecule has 0 unspecified atom stereocenters. The summed E-state index contributed by atoms with van der Waals surface area (Å²) >= 11 is 0. The molecule has 4 rings (SSSR count). The summed E-state index contributed by atoms with van der Waals surface area (Å²) in [7, 11) is -3.38. The molecule has 0 spiro atoms. The largest absolute Gasteiger partial charge is 0.506 e. The lowest BCUT2D eigenvalue weighted by Gasteiger charge is -2.18. The first kappa shape index (κ1) is 19.5. The average Bonchev–Trinajstić information content (AvgIpc) is 3.05. The molecule has 1 amide bonds. The van der Waals surface area contributed by atoms with Gasteiger partial charge in [-0.3, -0.25) is 13.7 Å². The van der Waals surface area contributed by atoms with Crippen LogP contribution in [0.5, 0.6) is 5.75 Å². The van der Waals surface area contributed by atoms with E-state index in [1.807, 2.05) is 0 Å². The van der Waals surface area contributed by atoms with Gasteiger partial charge < -0.3 is 10.4 Å². The molecule has 11 heteroatoms. The lowest BCUT2D eigenvalue weighted by atomic mass is 10.2. The summed E-state index contributed by atoms with van der Waals surface area (Å²) in [5.74, 6) is 0.0388. The van der Waals surface area contributed by atoms with Crippen molar-refractivity contribution >= 4 is 27.3 Å². The van der Waals surface area contributed by atoms with E-state index in [-0.39, 0.29) is 29.4 Å². The van der Waals surface area contributed by atoms with Gasteiger partial charge in [-0.05, 0) is 37.5 Å². The summed E-state index contributed by atoms with van der Waals surface area (Å²) in [5.41, 5.74) is 0.142. The number of aromatic nitrogens is 3. The van der Waals surface area contributed by atoms with E-state index in [4.69, 9.17) is 0 Å². The number of nitrogens with one attached hydrogen (secondary N) is 1. The zero-order valence-corrected chi connectivity index (χ0v) is 16.7. The Morgan fingerprint density at radius 3 is 2.76 bits per heavy atom. The van der Waals surface area contributed by atoms with E-state index in [1.165, 1.54) is 22.5 Å². The highest BCUT2D eigenvalue weighted by molar-refractivity contribution is 7.93. The van der Waals surface area contributed by atoms with Crippen LogP contribution in [0, 0.1) is 0 Å². The van der Waals surface area contributed by atoms with Crippen LogP contribution in [0.4, 0.5) is 11.4 Å². The van der Waals surface area contributed by atoms with Gasteiger partial charge in [-0.1, -0.05) is 6.42 Å². The van der Waals surface area contributed by atoms with E-state index in [9.17, 15) is 23.1 Å². The van der Waals surface area contributed by atoms with E-state index in [1.54, 1.807) is 4.57 Å². The third-order valence-electron chi connectivity index (χ3n) is 5.22. The maximum atomic E-state index is 12.5. The minimum absolute atomic E-state index is 0.0729. The number of nitrogens with zero attached hydrogens (tertiary/aromatic N) is 4. The summed E-state index contributed by atoms with van der Waals surface area (Å²) in [6.07, 6.45) is 4.15. The summed E-state index contributed by atoms with van der Waals surface area (Å²) in [6.45, 7) is 0.670. The van der Waals surface area contributed by atoms with Gasteiger partial charge in [0.05, 0.1) is 17.1 Å². The Hall–Kier alpha value is -2.82. The highest BCUT2D eigenvalue weighted by Gasteiger charge is 2.29. The maximum absolute atomic E-state index is 12.5. The Morgan fingerprint density at radius 1 is 1.17 bits per heavy atom. The van der Waals surface area contributed by atoms with Gasteiger partial charge >= 0.3 is 5.69 Å². The molecule has 2 aromatic rings. The second-order valence-corrected chi connectivity index (χ2v) is 9.32. The molecule has 1 saturated heterocycles. The van der Waals surface area contributed by atoms with Gasteiger partial charge in [-0.2, -0.15) is 5.10 Å². The lowest BCUT2D eigenvalue weighted by molar-refractivity contribution is -0.117. The molecule has 0 radical (unpaired) electrons. The summed E-state index contributed by atoms with van der Waals surface area (Å²) in [6, 6.07) is 4.25. The number of aryl methyl sites for hydroxylation is 1. The van der Waals surface area contributed by atoms with E-state index in [0.29, 0.717) is 37.4 Å². The number of hydrogen-bond donors (Lipinski definition) is 2. The number of hydrogen-bond acceptors (Lipinski definition) is 6. The molecule has 0 bridgehead atoms. The summed E-state index contributed by atoms with van der Waals surface area (Å²) in [4.78, 5) is 24.9. The van der Waals surface area contributed by atoms with Crippen molar-refractivity contribution in [2.45, 2.75) is 45.2 Å². The van der Waals surface area contributed by atoms with Crippen LogP contribution in [0.3, 0.4) is 0 Å². The van der Waals surface area contributed by atoms with Gasteiger partial charge in [-0.15, -0.1) is 0 Å². The number of benzene rings is 1. The minimum atomic E-state index is -3.38. The molecule has 0 atom stereocenters. The van der Waals surface area contributed by atoms with Crippen LogP contribution in [0.25, 0.3) is 0 Å². The van der Waals surface area contributed by atoms with Crippen LogP contribution in [0.1, 0.15) is 31.5 Å². The van der Waals surface area contributed by atoms with Crippen molar-refractivity contribution in [2.24, 2.45) is 0 Å². The molecule has 1 aromatic heterocycles. The number of amides is 1. The molecule has 2 N–H and O–H groups in total. The molecule has 1 aromatic carbocycles. The van der Waals surface area contributed by atoms with Crippen molar-refractivity contribution in [2.75, 3.05) is 21.9 Å². The molecule has 0 aliphatic carbocycles. The summed E-state index contributed by atoms with van der Waals surface area (Å²) < 4.78 is 28.2.